The fourth-order valence-electron chi connectivity index (χ4n) is 3.18. The smallest absolute Gasteiger partial charge is 0.135 e. The summed E-state index contributed by atoms with van der Waals surface area (Å²) in [7, 11) is 0. The number of aryl methyl sites for hydroxylation is 1. The predicted octanol–water partition coefficient (Wildman–Crippen LogP) is 4.86. The number of carbonyl (C=O) groups excluding carboxylic acids is 1. The molecule has 29 heavy (non-hydrogen) atoms. The van der Waals surface area contributed by atoms with Gasteiger partial charge < -0.3 is 0 Å². The predicted molar refractivity (Wildman–Crippen MR) is 116 cm³/mol. The number of pyridine rings is 1. The minimum absolute atomic E-state index is 0.0551. The standard InChI is InChI=1S/C21H17Cl2N5O/c1-12-10-24-15(7-13(2)29)9-20(12)28-11-17(19-5-6-25-26-19)21(27-28)16-4-3-14(22)8-18(16)23/h3-4,6,8-11H,5,7H2,1-2H3. The number of hydrogen-bond acceptors (Lipinski definition) is 5. The Hall–Kier alpha value is -2.83. The third-order valence-corrected chi connectivity index (χ3v) is 5.11. The SMILES string of the molecule is CC(=O)Cc1cc(-n2cc(C3=NN=CC3)c(-c3ccc(Cl)cc3Cl)n2)c(C)cn1. The van der Waals surface area contributed by atoms with Gasteiger partial charge in [-0.15, -0.1) is 0 Å². The van der Waals surface area contributed by atoms with Crippen LogP contribution in [0.2, 0.25) is 10.0 Å². The molecule has 0 radical (unpaired) electrons. The van der Waals surface area contributed by atoms with Crippen molar-refractivity contribution in [3.8, 4) is 16.9 Å². The van der Waals surface area contributed by atoms with E-state index in [0.717, 1.165) is 28.1 Å². The summed E-state index contributed by atoms with van der Waals surface area (Å²) in [5, 5.41) is 14.1. The topological polar surface area (TPSA) is 72.5 Å². The van der Waals surface area contributed by atoms with Crippen LogP contribution in [-0.4, -0.2) is 32.5 Å². The third-order valence-electron chi connectivity index (χ3n) is 4.56. The monoisotopic (exact) mass is 425 g/mol. The second kappa shape index (κ2) is 7.89. The van der Waals surface area contributed by atoms with Gasteiger partial charge in [0, 0.05) is 53.3 Å². The maximum Gasteiger partial charge on any atom is 0.135 e. The van der Waals surface area contributed by atoms with Crippen LogP contribution in [0.15, 0.2) is 46.9 Å². The number of ketones is 1. The Labute approximate surface area is 177 Å². The number of benzene rings is 1. The number of carbonyl (C=O) groups is 1. The summed E-state index contributed by atoms with van der Waals surface area (Å²) in [6.45, 7) is 3.50. The van der Waals surface area contributed by atoms with Crippen LogP contribution in [0.25, 0.3) is 16.9 Å². The molecule has 1 aliphatic heterocycles. The third kappa shape index (κ3) is 3.99. The van der Waals surface area contributed by atoms with Crippen molar-refractivity contribution in [2.24, 2.45) is 10.2 Å². The average molecular weight is 426 g/mol. The molecular weight excluding hydrogens is 409 g/mol. The van der Waals surface area contributed by atoms with Gasteiger partial charge in [-0.25, -0.2) is 4.68 Å². The molecule has 0 amide bonds. The van der Waals surface area contributed by atoms with Gasteiger partial charge in [-0.05, 0) is 43.7 Å². The van der Waals surface area contributed by atoms with E-state index in [0.29, 0.717) is 27.9 Å². The summed E-state index contributed by atoms with van der Waals surface area (Å²) in [4.78, 5) is 15.9. The van der Waals surface area contributed by atoms with Crippen molar-refractivity contribution in [3.63, 3.8) is 0 Å². The Morgan fingerprint density at radius 3 is 2.72 bits per heavy atom. The van der Waals surface area contributed by atoms with Crippen LogP contribution in [0.4, 0.5) is 0 Å². The van der Waals surface area contributed by atoms with Crippen molar-refractivity contribution < 1.29 is 4.79 Å². The van der Waals surface area contributed by atoms with E-state index >= 15 is 0 Å². The van der Waals surface area contributed by atoms with E-state index in [1.807, 2.05) is 25.3 Å². The van der Waals surface area contributed by atoms with Crippen LogP contribution in [0.1, 0.15) is 30.2 Å². The number of halogens is 2. The van der Waals surface area contributed by atoms with E-state index in [9.17, 15) is 4.79 Å². The fraction of sp³-hybridized carbons (Fsp3) is 0.190. The number of hydrogen-bond donors (Lipinski definition) is 0. The second-order valence-corrected chi connectivity index (χ2v) is 7.69. The Bertz CT molecular complexity index is 1180. The van der Waals surface area contributed by atoms with Crippen molar-refractivity contribution in [1.82, 2.24) is 14.8 Å². The van der Waals surface area contributed by atoms with Gasteiger partial charge in [0.15, 0.2) is 0 Å². The lowest BCUT2D eigenvalue weighted by atomic mass is 10.0. The molecule has 1 aromatic carbocycles. The average Bonchev–Trinajstić information content (AvgIpc) is 3.32. The summed E-state index contributed by atoms with van der Waals surface area (Å²) in [5.74, 6) is 0.0551. The normalized spacial score (nSPS) is 13.0. The quantitative estimate of drug-likeness (QED) is 0.585. The van der Waals surface area contributed by atoms with E-state index in [-0.39, 0.29) is 12.2 Å². The Balaban J connectivity index is 1.87. The number of Topliss-reactive ketones (excluding diaryl/α,β-unsaturated/α-hetero) is 1. The first-order chi connectivity index (χ1) is 13.9. The molecule has 3 heterocycles. The van der Waals surface area contributed by atoms with Crippen molar-refractivity contribution in [2.75, 3.05) is 0 Å². The van der Waals surface area contributed by atoms with Crippen molar-refractivity contribution in [3.05, 3.63) is 63.5 Å². The molecule has 8 heteroatoms. The minimum atomic E-state index is 0.0551. The highest BCUT2D eigenvalue weighted by Crippen LogP contribution is 2.33. The lowest BCUT2D eigenvalue weighted by Crippen LogP contribution is -2.04. The number of nitrogens with zero attached hydrogens (tertiary/aromatic N) is 5. The summed E-state index contributed by atoms with van der Waals surface area (Å²) in [6.07, 6.45) is 6.31. The molecule has 4 rings (SSSR count). The molecule has 0 saturated heterocycles. The maximum atomic E-state index is 11.5. The summed E-state index contributed by atoms with van der Waals surface area (Å²) in [5.41, 5.74) is 5.58. The molecule has 0 fully saturated rings. The van der Waals surface area contributed by atoms with Crippen molar-refractivity contribution in [1.29, 1.82) is 0 Å². The molecule has 0 aliphatic carbocycles. The molecule has 0 unspecified atom stereocenters. The molecule has 6 nitrogen and oxygen atoms in total. The van der Waals surface area contributed by atoms with Gasteiger partial charge in [-0.2, -0.15) is 15.3 Å². The van der Waals surface area contributed by atoms with Crippen molar-refractivity contribution >= 4 is 40.9 Å². The Morgan fingerprint density at radius 2 is 2.03 bits per heavy atom. The van der Waals surface area contributed by atoms with E-state index in [1.165, 1.54) is 0 Å². The van der Waals surface area contributed by atoms with E-state index in [2.05, 4.69) is 15.2 Å². The zero-order chi connectivity index (χ0) is 20.5. The molecule has 146 valence electrons. The van der Waals surface area contributed by atoms with Gasteiger partial charge in [-0.3, -0.25) is 9.78 Å². The summed E-state index contributed by atoms with van der Waals surface area (Å²) >= 11 is 12.5. The number of aromatic nitrogens is 3. The van der Waals surface area contributed by atoms with Gasteiger partial charge in [0.1, 0.15) is 11.5 Å². The zero-order valence-corrected chi connectivity index (χ0v) is 17.4. The highest BCUT2D eigenvalue weighted by Gasteiger charge is 2.21. The summed E-state index contributed by atoms with van der Waals surface area (Å²) < 4.78 is 1.77. The maximum absolute atomic E-state index is 11.5. The molecule has 0 spiro atoms. The Kier molecular flexibility index (Phi) is 5.30. The number of rotatable bonds is 5. The molecule has 0 atom stereocenters. The molecule has 0 saturated carbocycles. The van der Waals surface area contributed by atoms with Gasteiger partial charge in [0.05, 0.1) is 16.4 Å². The first-order valence-corrected chi connectivity index (χ1v) is 9.77. The molecule has 1 aliphatic rings. The molecule has 0 bridgehead atoms. The van der Waals surface area contributed by atoms with E-state index in [4.69, 9.17) is 28.3 Å². The molecule has 0 N–H and O–H groups in total. The lowest BCUT2D eigenvalue weighted by Gasteiger charge is -2.08. The van der Waals surface area contributed by atoms with Crippen LogP contribution in [0.5, 0.6) is 0 Å². The fourth-order valence-corrected chi connectivity index (χ4v) is 3.68. The van der Waals surface area contributed by atoms with Crippen LogP contribution < -0.4 is 0 Å². The van der Waals surface area contributed by atoms with Gasteiger partial charge in [0.2, 0.25) is 0 Å². The minimum Gasteiger partial charge on any atom is -0.300 e. The first-order valence-electron chi connectivity index (χ1n) is 9.01. The van der Waals surface area contributed by atoms with Gasteiger partial charge >= 0.3 is 0 Å². The van der Waals surface area contributed by atoms with Crippen LogP contribution >= 0.6 is 23.2 Å². The highest BCUT2D eigenvalue weighted by atomic mass is 35.5. The zero-order valence-electron chi connectivity index (χ0n) is 15.9. The second-order valence-electron chi connectivity index (χ2n) is 6.85. The van der Waals surface area contributed by atoms with E-state index < -0.39 is 0 Å². The lowest BCUT2D eigenvalue weighted by molar-refractivity contribution is -0.116. The van der Waals surface area contributed by atoms with Gasteiger partial charge in [0.25, 0.3) is 0 Å². The molecule has 2 aromatic heterocycles. The molecule has 3 aromatic rings. The van der Waals surface area contributed by atoms with Crippen molar-refractivity contribution in [2.45, 2.75) is 26.7 Å². The van der Waals surface area contributed by atoms with Gasteiger partial charge in [-0.1, -0.05) is 23.2 Å². The summed E-state index contributed by atoms with van der Waals surface area (Å²) in [6, 6.07) is 7.20. The largest absolute Gasteiger partial charge is 0.300 e. The molecular formula is C21H17Cl2N5O. The Morgan fingerprint density at radius 1 is 1.21 bits per heavy atom. The van der Waals surface area contributed by atoms with E-state index in [1.54, 1.807) is 36.1 Å². The van der Waals surface area contributed by atoms with Crippen LogP contribution in [-0.2, 0) is 11.2 Å². The van der Waals surface area contributed by atoms with Crippen LogP contribution in [0.3, 0.4) is 0 Å². The van der Waals surface area contributed by atoms with Crippen LogP contribution in [0, 0.1) is 6.92 Å². The first kappa shape index (κ1) is 19.5. The highest BCUT2D eigenvalue weighted by molar-refractivity contribution is 6.36.